The maximum atomic E-state index is 14.7. The van der Waals surface area contributed by atoms with Crippen LogP contribution in [0.15, 0.2) is 54.6 Å². The molecule has 0 nitrogen and oxygen atoms in total. The van der Waals surface area contributed by atoms with Crippen molar-refractivity contribution in [3.8, 4) is 11.1 Å². The highest BCUT2D eigenvalue weighted by molar-refractivity contribution is 5.71. The Morgan fingerprint density at radius 3 is 2.23 bits per heavy atom. The first-order chi connectivity index (χ1) is 12.7. The number of allylic oxidation sites excluding steroid dienone is 2. The molecule has 0 heterocycles. The molecule has 26 heavy (non-hydrogen) atoms. The van der Waals surface area contributed by atoms with Gasteiger partial charge in [0, 0.05) is 5.56 Å². The molecule has 0 bridgehead atoms. The molecule has 2 aliphatic rings. The number of halogens is 1. The Morgan fingerprint density at radius 1 is 0.808 bits per heavy atom. The Balaban J connectivity index is 1.46. The average molecular weight is 349 g/mol. The van der Waals surface area contributed by atoms with E-state index in [0.717, 1.165) is 35.3 Å². The van der Waals surface area contributed by atoms with E-state index in [1.807, 2.05) is 36.4 Å². The lowest BCUT2D eigenvalue weighted by atomic mass is 9.71. The molecular formula is C25H29F. The van der Waals surface area contributed by atoms with Crippen molar-refractivity contribution in [3.05, 3.63) is 66.0 Å². The van der Waals surface area contributed by atoms with E-state index in [2.05, 4.69) is 19.1 Å². The summed E-state index contributed by atoms with van der Waals surface area (Å²) in [5.41, 5.74) is 4.04. The molecule has 1 saturated carbocycles. The fourth-order valence-corrected chi connectivity index (χ4v) is 4.87. The third kappa shape index (κ3) is 3.77. The van der Waals surface area contributed by atoms with E-state index in [9.17, 15) is 4.39 Å². The van der Waals surface area contributed by atoms with Crippen LogP contribution in [0.1, 0.15) is 57.4 Å². The maximum Gasteiger partial charge on any atom is 0.131 e. The van der Waals surface area contributed by atoms with Crippen molar-refractivity contribution in [3.63, 3.8) is 0 Å². The van der Waals surface area contributed by atoms with Gasteiger partial charge in [-0.1, -0.05) is 68.3 Å². The van der Waals surface area contributed by atoms with Crippen LogP contribution in [0, 0.1) is 23.6 Å². The number of hydrogen-bond acceptors (Lipinski definition) is 0. The first-order valence-electron chi connectivity index (χ1n) is 10.2. The lowest BCUT2D eigenvalue weighted by Gasteiger charge is -2.34. The zero-order chi connectivity index (χ0) is 17.9. The van der Waals surface area contributed by atoms with Crippen LogP contribution in [0.25, 0.3) is 16.7 Å². The van der Waals surface area contributed by atoms with Gasteiger partial charge < -0.3 is 0 Å². The van der Waals surface area contributed by atoms with Crippen LogP contribution >= 0.6 is 0 Å². The molecule has 0 amide bonds. The van der Waals surface area contributed by atoms with Crippen molar-refractivity contribution in [2.24, 2.45) is 17.8 Å². The van der Waals surface area contributed by atoms with Crippen molar-refractivity contribution in [2.45, 2.75) is 51.9 Å². The summed E-state index contributed by atoms with van der Waals surface area (Å²) in [5, 5.41) is 0. The minimum Gasteiger partial charge on any atom is -0.206 e. The van der Waals surface area contributed by atoms with Crippen LogP contribution in [0.5, 0.6) is 0 Å². The molecular weight excluding hydrogens is 319 g/mol. The van der Waals surface area contributed by atoms with Crippen LogP contribution in [0.4, 0.5) is 4.39 Å². The summed E-state index contributed by atoms with van der Waals surface area (Å²) in [4.78, 5) is 0. The van der Waals surface area contributed by atoms with Crippen LogP contribution in [-0.2, 0) is 0 Å². The fourth-order valence-electron chi connectivity index (χ4n) is 4.87. The van der Waals surface area contributed by atoms with Crippen LogP contribution < -0.4 is 0 Å². The van der Waals surface area contributed by atoms with Gasteiger partial charge in [-0.25, -0.2) is 4.39 Å². The molecule has 2 aromatic rings. The Hall–Kier alpha value is -1.89. The molecule has 0 saturated heterocycles. The van der Waals surface area contributed by atoms with Crippen molar-refractivity contribution in [1.29, 1.82) is 0 Å². The fraction of sp³-hybridized carbons (Fsp3) is 0.440. The summed E-state index contributed by atoms with van der Waals surface area (Å²) in [7, 11) is 0. The highest BCUT2D eigenvalue weighted by Gasteiger charge is 2.27. The first kappa shape index (κ1) is 17.5. The second-order valence-corrected chi connectivity index (χ2v) is 8.34. The highest BCUT2D eigenvalue weighted by atomic mass is 19.1. The summed E-state index contributed by atoms with van der Waals surface area (Å²) in [6.07, 6.45) is 11.6. The third-order valence-electron chi connectivity index (χ3n) is 6.60. The van der Waals surface area contributed by atoms with Gasteiger partial charge in [0.05, 0.1) is 0 Å². The van der Waals surface area contributed by atoms with Crippen molar-refractivity contribution in [1.82, 2.24) is 0 Å². The molecule has 1 unspecified atom stereocenters. The molecule has 4 rings (SSSR count). The second-order valence-electron chi connectivity index (χ2n) is 8.34. The van der Waals surface area contributed by atoms with Crippen LogP contribution in [-0.4, -0.2) is 0 Å². The lowest BCUT2D eigenvalue weighted by molar-refractivity contribution is 0.202. The Bertz CT molecular complexity index is 766. The van der Waals surface area contributed by atoms with Crippen molar-refractivity contribution in [2.75, 3.05) is 0 Å². The summed E-state index contributed by atoms with van der Waals surface area (Å²) < 4.78 is 14.7. The molecule has 1 atom stereocenters. The van der Waals surface area contributed by atoms with Gasteiger partial charge in [-0.05, 0) is 72.6 Å². The molecule has 1 heteroatoms. The minimum atomic E-state index is -0.113. The van der Waals surface area contributed by atoms with Crippen LogP contribution in [0.2, 0.25) is 0 Å². The summed E-state index contributed by atoms with van der Waals surface area (Å²) in [5.74, 6) is 2.57. The molecule has 0 aromatic heterocycles. The van der Waals surface area contributed by atoms with Crippen LogP contribution in [0.3, 0.4) is 0 Å². The van der Waals surface area contributed by atoms with Gasteiger partial charge in [-0.3, -0.25) is 0 Å². The number of hydrogen-bond donors (Lipinski definition) is 0. The second kappa shape index (κ2) is 7.78. The zero-order valence-electron chi connectivity index (χ0n) is 15.8. The quantitative estimate of drug-likeness (QED) is 0.538. The van der Waals surface area contributed by atoms with E-state index in [4.69, 9.17) is 0 Å². The highest BCUT2D eigenvalue weighted by Crippen LogP contribution is 2.41. The maximum absolute atomic E-state index is 14.7. The van der Waals surface area contributed by atoms with Crippen molar-refractivity contribution >= 4 is 5.57 Å². The van der Waals surface area contributed by atoms with E-state index >= 15 is 0 Å². The average Bonchev–Trinajstić information content (AvgIpc) is 2.69. The smallest absolute Gasteiger partial charge is 0.131 e. The lowest BCUT2D eigenvalue weighted by Crippen LogP contribution is -2.22. The molecule has 0 aliphatic heterocycles. The third-order valence-corrected chi connectivity index (χ3v) is 6.60. The van der Waals surface area contributed by atoms with Gasteiger partial charge in [-0.2, -0.15) is 0 Å². The van der Waals surface area contributed by atoms with E-state index in [-0.39, 0.29) is 5.82 Å². The normalized spacial score (nSPS) is 26.4. The van der Waals surface area contributed by atoms with Gasteiger partial charge in [0.25, 0.3) is 0 Å². The van der Waals surface area contributed by atoms with E-state index < -0.39 is 0 Å². The topological polar surface area (TPSA) is 0 Å². The molecule has 0 N–H and O–H groups in total. The molecule has 2 aliphatic carbocycles. The van der Waals surface area contributed by atoms with Gasteiger partial charge in [0.15, 0.2) is 0 Å². The predicted molar refractivity (Wildman–Crippen MR) is 108 cm³/mol. The summed E-state index contributed by atoms with van der Waals surface area (Å²) >= 11 is 0. The standard InChI is InChI=1S/C25H29F/c1-18-7-9-19(10-8-18)20-11-13-21(14-12-20)23-15-16-24(25(26)17-23)22-5-3-2-4-6-22/h2-6,13,15-20H,7-12,14H2,1H3. The summed E-state index contributed by atoms with van der Waals surface area (Å²) in [6, 6.07) is 15.6. The largest absolute Gasteiger partial charge is 0.206 e. The number of rotatable bonds is 3. The Labute approximate surface area is 157 Å². The van der Waals surface area contributed by atoms with Gasteiger partial charge in [-0.15, -0.1) is 0 Å². The van der Waals surface area contributed by atoms with Gasteiger partial charge >= 0.3 is 0 Å². The Kier molecular flexibility index (Phi) is 5.24. The van der Waals surface area contributed by atoms with Crippen molar-refractivity contribution < 1.29 is 4.39 Å². The molecule has 0 spiro atoms. The van der Waals surface area contributed by atoms with Gasteiger partial charge in [0.1, 0.15) is 5.82 Å². The molecule has 2 aromatic carbocycles. The molecule has 1 fully saturated rings. The Morgan fingerprint density at radius 2 is 1.58 bits per heavy atom. The first-order valence-corrected chi connectivity index (χ1v) is 10.2. The SMILES string of the molecule is CC1CCC(C2CC=C(c3ccc(-c4ccccc4)c(F)c3)CC2)CC1. The number of benzene rings is 2. The van der Waals surface area contributed by atoms with Gasteiger partial charge in [0.2, 0.25) is 0 Å². The van der Waals surface area contributed by atoms with E-state index in [0.29, 0.717) is 5.56 Å². The monoisotopic (exact) mass is 348 g/mol. The van der Waals surface area contributed by atoms with E-state index in [1.165, 1.54) is 44.1 Å². The molecule has 0 radical (unpaired) electrons. The minimum absolute atomic E-state index is 0.113. The molecule has 136 valence electrons. The zero-order valence-corrected chi connectivity index (χ0v) is 15.8. The summed E-state index contributed by atoms with van der Waals surface area (Å²) in [6.45, 7) is 2.39. The predicted octanol–water partition coefficient (Wildman–Crippen LogP) is 7.50. The van der Waals surface area contributed by atoms with E-state index in [1.54, 1.807) is 6.07 Å².